The molecule has 0 saturated heterocycles. The third-order valence-electron chi connectivity index (χ3n) is 3.90. The number of guanidine groups is 1. The van der Waals surface area contributed by atoms with E-state index in [4.69, 9.17) is 0 Å². The second kappa shape index (κ2) is 11.9. The van der Waals surface area contributed by atoms with Gasteiger partial charge in [0.05, 0.1) is 6.54 Å². The van der Waals surface area contributed by atoms with E-state index in [2.05, 4.69) is 51.6 Å². The number of halogens is 1. The predicted octanol–water partition coefficient (Wildman–Crippen LogP) is 3.58. The van der Waals surface area contributed by atoms with Crippen molar-refractivity contribution in [2.24, 2.45) is 4.99 Å². The summed E-state index contributed by atoms with van der Waals surface area (Å²) in [6, 6.07) is 9.68. The zero-order valence-electron chi connectivity index (χ0n) is 15.4. The largest absolute Gasteiger partial charge is 0.357 e. The van der Waals surface area contributed by atoms with E-state index in [9.17, 15) is 4.79 Å². The van der Waals surface area contributed by atoms with Gasteiger partial charge in [-0.1, -0.05) is 19.1 Å². The van der Waals surface area contributed by atoms with E-state index in [-0.39, 0.29) is 29.9 Å². The molecule has 2 rings (SSSR count). The summed E-state index contributed by atoms with van der Waals surface area (Å²) in [6.45, 7) is 6.47. The lowest BCUT2D eigenvalue weighted by Gasteiger charge is -2.15. The highest BCUT2D eigenvalue weighted by Gasteiger charge is 2.07. The number of carbonyl (C=O) groups is 1. The molecular formula is C19H27IN4OS. The van der Waals surface area contributed by atoms with Crippen molar-refractivity contribution in [1.82, 2.24) is 16.0 Å². The van der Waals surface area contributed by atoms with Crippen LogP contribution in [0.4, 0.5) is 0 Å². The number of hydrogen-bond acceptors (Lipinski definition) is 3. The Morgan fingerprint density at radius 2 is 1.92 bits per heavy atom. The number of benzene rings is 1. The number of nitrogens with zero attached hydrogens (tertiary/aromatic N) is 1. The van der Waals surface area contributed by atoms with Crippen molar-refractivity contribution in [3.63, 3.8) is 0 Å². The van der Waals surface area contributed by atoms with Crippen molar-refractivity contribution in [3.05, 3.63) is 57.8 Å². The normalized spacial score (nSPS) is 12.0. The summed E-state index contributed by atoms with van der Waals surface area (Å²) in [6.07, 6.45) is 0. The van der Waals surface area contributed by atoms with Gasteiger partial charge in [0.1, 0.15) is 0 Å². The molecular weight excluding hydrogens is 459 g/mol. The minimum absolute atomic E-state index is 0. The Morgan fingerprint density at radius 1 is 1.19 bits per heavy atom. The smallest absolute Gasteiger partial charge is 0.251 e. The molecule has 0 fully saturated rings. The zero-order valence-corrected chi connectivity index (χ0v) is 18.6. The average Bonchev–Trinajstić information content (AvgIpc) is 3.18. The number of aliphatic imine (C=N–C) groups is 1. The molecule has 1 aromatic carbocycles. The Morgan fingerprint density at radius 3 is 2.50 bits per heavy atom. The summed E-state index contributed by atoms with van der Waals surface area (Å²) in [5, 5.41) is 13.6. The highest BCUT2D eigenvalue weighted by molar-refractivity contribution is 14.0. The van der Waals surface area contributed by atoms with Gasteiger partial charge in [0.2, 0.25) is 0 Å². The Bertz CT molecular complexity index is 686. The van der Waals surface area contributed by atoms with Crippen LogP contribution in [-0.2, 0) is 6.54 Å². The van der Waals surface area contributed by atoms with Gasteiger partial charge in [0.15, 0.2) is 5.96 Å². The second-order valence-corrected chi connectivity index (χ2v) is 6.59. The lowest BCUT2D eigenvalue weighted by Crippen LogP contribution is -2.39. The van der Waals surface area contributed by atoms with E-state index in [1.807, 2.05) is 24.3 Å². The summed E-state index contributed by atoms with van der Waals surface area (Å²) in [7, 11) is 1.63. The third-order valence-corrected chi connectivity index (χ3v) is 4.60. The maximum absolute atomic E-state index is 11.6. The molecule has 0 bridgehead atoms. The fourth-order valence-corrected chi connectivity index (χ4v) is 3.12. The summed E-state index contributed by atoms with van der Waals surface area (Å²) >= 11 is 1.72. The maximum atomic E-state index is 11.6. The predicted molar refractivity (Wildman–Crippen MR) is 121 cm³/mol. The van der Waals surface area contributed by atoms with Crippen molar-refractivity contribution >= 4 is 47.2 Å². The molecule has 2 aromatic rings. The topological polar surface area (TPSA) is 65.5 Å². The molecule has 5 nitrogen and oxygen atoms in total. The standard InChI is InChI=1S/C19H26N4OS.HI/c1-4-21-19(22-11-14(2)17-9-10-25-13-17)23-12-15-5-7-16(8-6-15)18(24)20-3;/h5-10,13-14H,4,11-12H2,1-3H3,(H,20,24)(H2,21,22,23);1H. The molecule has 142 valence electrons. The number of thiophene rings is 1. The number of carbonyl (C=O) groups excluding carboxylic acids is 1. The van der Waals surface area contributed by atoms with Gasteiger partial charge in [-0.15, -0.1) is 24.0 Å². The fourth-order valence-electron chi connectivity index (χ4n) is 2.34. The van der Waals surface area contributed by atoms with Crippen LogP contribution in [-0.4, -0.2) is 32.0 Å². The first-order valence-corrected chi connectivity index (χ1v) is 9.43. The van der Waals surface area contributed by atoms with E-state index in [1.54, 1.807) is 18.4 Å². The molecule has 26 heavy (non-hydrogen) atoms. The zero-order chi connectivity index (χ0) is 18.1. The molecule has 1 aromatic heterocycles. The third kappa shape index (κ3) is 6.95. The van der Waals surface area contributed by atoms with E-state index < -0.39 is 0 Å². The molecule has 0 spiro atoms. The molecule has 1 heterocycles. The van der Waals surface area contributed by atoms with E-state index >= 15 is 0 Å². The van der Waals surface area contributed by atoms with Crippen molar-refractivity contribution in [2.75, 3.05) is 20.1 Å². The Labute approximate surface area is 176 Å². The van der Waals surface area contributed by atoms with Crippen molar-refractivity contribution in [2.45, 2.75) is 26.3 Å². The van der Waals surface area contributed by atoms with Gasteiger partial charge in [-0.2, -0.15) is 11.3 Å². The Balaban J connectivity index is 0.00000338. The van der Waals surface area contributed by atoms with Crippen LogP contribution in [0, 0.1) is 0 Å². The molecule has 0 aliphatic carbocycles. The van der Waals surface area contributed by atoms with Crippen molar-refractivity contribution < 1.29 is 4.79 Å². The number of hydrogen-bond donors (Lipinski definition) is 3. The van der Waals surface area contributed by atoms with Crippen LogP contribution in [0.25, 0.3) is 0 Å². The van der Waals surface area contributed by atoms with Gasteiger partial charge < -0.3 is 16.0 Å². The quantitative estimate of drug-likeness (QED) is 0.319. The van der Waals surface area contributed by atoms with Gasteiger partial charge in [0.25, 0.3) is 5.91 Å². The number of rotatable bonds is 7. The van der Waals surface area contributed by atoms with E-state index in [0.29, 0.717) is 18.0 Å². The highest BCUT2D eigenvalue weighted by Crippen LogP contribution is 2.17. The van der Waals surface area contributed by atoms with Crippen LogP contribution < -0.4 is 16.0 Å². The monoisotopic (exact) mass is 486 g/mol. The first-order valence-electron chi connectivity index (χ1n) is 8.49. The van der Waals surface area contributed by atoms with Gasteiger partial charge >= 0.3 is 0 Å². The van der Waals surface area contributed by atoms with Crippen LogP contribution in [0.3, 0.4) is 0 Å². The lowest BCUT2D eigenvalue weighted by molar-refractivity contribution is 0.0963. The fraction of sp³-hybridized carbons (Fsp3) is 0.368. The first kappa shape index (κ1) is 22.4. The molecule has 3 N–H and O–H groups in total. The Kier molecular flexibility index (Phi) is 10.3. The first-order chi connectivity index (χ1) is 12.1. The number of amides is 1. The maximum Gasteiger partial charge on any atom is 0.251 e. The highest BCUT2D eigenvalue weighted by atomic mass is 127. The summed E-state index contributed by atoms with van der Waals surface area (Å²) in [5.74, 6) is 1.16. The van der Waals surface area contributed by atoms with Gasteiger partial charge in [0, 0.05) is 25.7 Å². The molecule has 1 atom stereocenters. The molecule has 1 amide bonds. The molecule has 0 radical (unpaired) electrons. The van der Waals surface area contributed by atoms with Crippen LogP contribution in [0.5, 0.6) is 0 Å². The molecule has 1 unspecified atom stereocenters. The number of nitrogens with one attached hydrogen (secondary N) is 3. The van der Waals surface area contributed by atoms with Crippen LogP contribution in [0.1, 0.15) is 41.3 Å². The van der Waals surface area contributed by atoms with Crippen molar-refractivity contribution in [1.29, 1.82) is 0 Å². The summed E-state index contributed by atoms with van der Waals surface area (Å²) in [4.78, 5) is 16.2. The van der Waals surface area contributed by atoms with Crippen LogP contribution in [0.15, 0.2) is 46.1 Å². The lowest BCUT2D eigenvalue weighted by atomic mass is 10.1. The van der Waals surface area contributed by atoms with Crippen molar-refractivity contribution in [3.8, 4) is 0 Å². The SMILES string of the molecule is CCNC(=NCc1ccc(C(=O)NC)cc1)NCC(C)c1ccsc1.I. The van der Waals surface area contributed by atoms with Gasteiger partial charge in [-0.25, -0.2) is 4.99 Å². The van der Waals surface area contributed by atoms with Crippen LogP contribution in [0.2, 0.25) is 0 Å². The molecule has 0 aliphatic rings. The second-order valence-electron chi connectivity index (χ2n) is 5.81. The average molecular weight is 486 g/mol. The summed E-state index contributed by atoms with van der Waals surface area (Å²) < 4.78 is 0. The van der Waals surface area contributed by atoms with Gasteiger partial charge in [-0.3, -0.25) is 4.79 Å². The van der Waals surface area contributed by atoms with Crippen LogP contribution >= 0.6 is 35.3 Å². The molecule has 7 heteroatoms. The molecule has 0 saturated carbocycles. The minimum Gasteiger partial charge on any atom is -0.357 e. The van der Waals surface area contributed by atoms with Gasteiger partial charge in [-0.05, 0) is 52.9 Å². The molecule has 0 aliphatic heterocycles. The van der Waals surface area contributed by atoms with E-state index in [1.165, 1.54) is 5.56 Å². The van der Waals surface area contributed by atoms with E-state index in [0.717, 1.165) is 24.6 Å². The summed E-state index contributed by atoms with van der Waals surface area (Å²) in [5.41, 5.74) is 3.07. The Hall–Kier alpha value is -1.61. The minimum atomic E-state index is -0.0764.